The Kier molecular flexibility index (Phi) is 6.75. The zero-order valence-corrected chi connectivity index (χ0v) is 14.2. The summed E-state index contributed by atoms with van der Waals surface area (Å²) in [7, 11) is 4.19. The minimum Gasteiger partial charge on any atom is -0.389 e. The van der Waals surface area contributed by atoms with Crippen LogP contribution in [0.3, 0.4) is 0 Å². The summed E-state index contributed by atoms with van der Waals surface area (Å²) in [5.41, 5.74) is 7.89. The first kappa shape index (κ1) is 16.4. The van der Waals surface area contributed by atoms with E-state index in [9.17, 15) is 0 Å². The maximum absolute atomic E-state index is 5.83. The highest BCUT2D eigenvalue weighted by atomic mass is 79.9. The Morgan fingerprint density at radius 3 is 2.53 bits per heavy atom. The van der Waals surface area contributed by atoms with E-state index >= 15 is 0 Å². The number of hydrogen-bond acceptors (Lipinski definition) is 3. The molecule has 1 aromatic carbocycles. The molecule has 0 unspecified atom stereocenters. The number of nitrogens with two attached hydrogens (primary N) is 1. The predicted molar refractivity (Wildman–Crippen MR) is 91.1 cm³/mol. The van der Waals surface area contributed by atoms with Crippen molar-refractivity contribution in [3.63, 3.8) is 0 Å². The minimum absolute atomic E-state index is 0.447. The highest BCUT2D eigenvalue weighted by molar-refractivity contribution is 9.10. The molecule has 0 atom stereocenters. The fraction of sp³-hybridized carbons (Fsp3) is 0.500. The summed E-state index contributed by atoms with van der Waals surface area (Å²) in [4.78, 5) is 4.97. The third-order valence-electron chi connectivity index (χ3n) is 2.98. The molecule has 0 aliphatic carbocycles. The van der Waals surface area contributed by atoms with Crippen LogP contribution in [0.4, 0.5) is 5.69 Å². The van der Waals surface area contributed by atoms with Gasteiger partial charge in [-0.1, -0.05) is 28.1 Å². The Morgan fingerprint density at radius 2 is 2.00 bits per heavy atom. The quantitative estimate of drug-likeness (QED) is 0.771. The van der Waals surface area contributed by atoms with Gasteiger partial charge in [0.15, 0.2) is 0 Å². The zero-order valence-electron chi connectivity index (χ0n) is 11.8. The van der Waals surface area contributed by atoms with E-state index in [0.717, 1.165) is 41.8 Å². The van der Waals surface area contributed by atoms with Gasteiger partial charge in [-0.15, -0.1) is 0 Å². The fourth-order valence-corrected chi connectivity index (χ4v) is 2.53. The van der Waals surface area contributed by atoms with Crippen molar-refractivity contribution in [1.29, 1.82) is 0 Å². The largest absolute Gasteiger partial charge is 0.389 e. The maximum Gasteiger partial charge on any atom is 0.106 e. The van der Waals surface area contributed by atoms with Crippen LogP contribution in [0.25, 0.3) is 0 Å². The molecule has 0 aromatic heterocycles. The van der Waals surface area contributed by atoms with Crippen molar-refractivity contribution in [3.05, 3.63) is 28.2 Å². The maximum atomic E-state index is 5.83. The molecule has 19 heavy (non-hydrogen) atoms. The summed E-state index contributed by atoms with van der Waals surface area (Å²) in [5.74, 6) is 0. The van der Waals surface area contributed by atoms with Gasteiger partial charge in [0.1, 0.15) is 4.99 Å². The predicted octanol–water partition coefficient (Wildman–Crippen LogP) is 2.86. The van der Waals surface area contributed by atoms with Crippen molar-refractivity contribution in [1.82, 2.24) is 4.90 Å². The molecule has 106 valence electrons. The standard InChI is InChI=1S/C14H22BrN3S/c1-4-18(9-5-8-17(2)3)13-7-6-11(15)10-12(13)14(16)19/h6-7,10H,4-5,8-9H2,1-3H3,(H2,16,19). The van der Waals surface area contributed by atoms with Gasteiger partial charge in [-0.25, -0.2) is 0 Å². The molecule has 0 saturated heterocycles. The third-order valence-corrected chi connectivity index (χ3v) is 3.69. The van der Waals surface area contributed by atoms with Gasteiger partial charge in [-0.3, -0.25) is 0 Å². The smallest absolute Gasteiger partial charge is 0.106 e. The van der Waals surface area contributed by atoms with Gasteiger partial charge in [0.05, 0.1) is 0 Å². The SMILES string of the molecule is CCN(CCCN(C)C)c1ccc(Br)cc1C(N)=S. The summed E-state index contributed by atoms with van der Waals surface area (Å²) in [5, 5.41) is 0. The molecule has 5 heteroatoms. The Bertz CT molecular complexity index is 435. The van der Waals surface area contributed by atoms with Gasteiger partial charge in [0.2, 0.25) is 0 Å². The lowest BCUT2D eigenvalue weighted by Crippen LogP contribution is -2.29. The van der Waals surface area contributed by atoms with Gasteiger partial charge in [0.25, 0.3) is 0 Å². The van der Waals surface area contributed by atoms with E-state index in [1.165, 1.54) is 0 Å². The molecule has 0 saturated carbocycles. The molecule has 0 fully saturated rings. The monoisotopic (exact) mass is 343 g/mol. The van der Waals surface area contributed by atoms with Crippen LogP contribution in [0.15, 0.2) is 22.7 Å². The molecule has 3 nitrogen and oxygen atoms in total. The number of thiocarbonyl (C=S) groups is 1. The second kappa shape index (κ2) is 7.82. The van der Waals surface area contributed by atoms with Crippen LogP contribution >= 0.6 is 28.1 Å². The average molecular weight is 344 g/mol. The molecule has 1 aromatic rings. The van der Waals surface area contributed by atoms with Crippen LogP contribution in [0.2, 0.25) is 0 Å². The first-order chi connectivity index (χ1) is 8.95. The summed E-state index contributed by atoms with van der Waals surface area (Å²) >= 11 is 8.62. The Balaban J connectivity index is 2.88. The van der Waals surface area contributed by atoms with Crippen molar-refractivity contribution in [2.24, 2.45) is 5.73 Å². The first-order valence-electron chi connectivity index (χ1n) is 6.44. The lowest BCUT2D eigenvalue weighted by atomic mass is 10.1. The van der Waals surface area contributed by atoms with Crippen LogP contribution in [0.1, 0.15) is 18.9 Å². The van der Waals surface area contributed by atoms with E-state index in [1.54, 1.807) is 0 Å². The topological polar surface area (TPSA) is 32.5 Å². The Labute approximate surface area is 129 Å². The second-order valence-electron chi connectivity index (χ2n) is 4.76. The highest BCUT2D eigenvalue weighted by Crippen LogP contribution is 2.24. The third kappa shape index (κ3) is 5.09. The van der Waals surface area contributed by atoms with Gasteiger partial charge in [0, 0.05) is 28.8 Å². The van der Waals surface area contributed by atoms with Crippen LogP contribution in [-0.4, -0.2) is 43.6 Å². The fourth-order valence-electron chi connectivity index (χ4n) is 2.01. The van der Waals surface area contributed by atoms with Gasteiger partial charge in [-0.2, -0.15) is 0 Å². The molecular weight excluding hydrogens is 322 g/mol. The molecule has 0 heterocycles. The zero-order chi connectivity index (χ0) is 14.4. The summed E-state index contributed by atoms with van der Waals surface area (Å²) in [6, 6.07) is 6.11. The number of rotatable bonds is 7. The van der Waals surface area contributed by atoms with Gasteiger partial charge >= 0.3 is 0 Å². The first-order valence-corrected chi connectivity index (χ1v) is 7.64. The normalized spacial score (nSPS) is 10.8. The lowest BCUT2D eigenvalue weighted by molar-refractivity contribution is 0.400. The van der Waals surface area contributed by atoms with Crippen molar-refractivity contribution in [2.45, 2.75) is 13.3 Å². The molecule has 0 aliphatic rings. The summed E-state index contributed by atoms with van der Waals surface area (Å²) in [6.07, 6.45) is 1.12. The summed E-state index contributed by atoms with van der Waals surface area (Å²) < 4.78 is 1.00. The van der Waals surface area contributed by atoms with Crippen molar-refractivity contribution < 1.29 is 0 Å². The molecule has 0 amide bonds. The van der Waals surface area contributed by atoms with E-state index in [1.807, 2.05) is 12.1 Å². The highest BCUT2D eigenvalue weighted by Gasteiger charge is 2.12. The van der Waals surface area contributed by atoms with Crippen LogP contribution in [0.5, 0.6) is 0 Å². The number of benzene rings is 1. The minimum atomic E-state index is 0.447. The molecule has 1 rings (SSSR count). The van der Waals surface area contributed by atoms with E-state index < -0.39 is 0 Å². The van der Waals surface area contributed by atoms with Crippen molar-refractivity contribution in [3.8, 4) is 0 Å². The average Bonchev–Trinajstić information content (AvgIpc) is 2.34. The number of halogens is 1. The lowest BCUT2D eigenvalue weighted by Gasteiger charge is -2.26. The molecule has 2 N–H and O–H groups in total. The number of nitrogens with zero attached hydrogens (tertiary/aromatic N) is 2. The molecule has 0 spiro atoms. The van der Waals surface area contributed by atoms with Crippen LogP contribution in [0, 0.1) is 0 Å². The Morgan fingerprint density at radius 1 is 1.32 bits per heavy atom. The molecule has 0 aliphatic heterocycles. The van der Waals surface area contributed by atoms with Crippen molar-refractivity contribution >= 4 is 38.8 Å². The molecule has 0 radical (unpaired) electrons. The van der Waals surface area contributed by atoms with Gasteiger partial charge < -0.3 is 15.5 Å². The Hall–Kier alpha value is -0.650. The van der Waals surface area contributed by atoms with E-state index in [0.29, 0.717) is 4.99 Å². The number of anilines is 1. The second-order valence-corrected chi connectivity index (χ2v) is 6.12. The van der Waals surface area contributed by atoms with Crippen LogP contribution in [-0.2, 0) is 0 Å². The van der Waals surface area contributed by atoms with Crippen LogP contribution < -0.4 is 10.6 Å². The van der Waals surface area contributed by atoms with E-state index in [2.05, 4.69) is 52.8 Å². The molecular formula is C14H22BrN3S. The van der Waals surface area contributed by atoms with E-state index in [4.69, 9.17) is 18.0 Å². The molecule has 0 bridgehead atoms. The summed E-state index contributed by atoms with van der Waals surface area (Å²) in [6.45, 7) is 5.19. The van der Waals surface area contributed by atoms with Gasteiger partial charge in [-0.05, 0) is 52.2 Å². The van der Waals surface area contributed by atoms with E-state index in [-0.39, 0.29) is 0 Å². The number of hydrogen-bond donors (Lipinski definition) is 1. The van der Waals surface area contributed by atoms with Crippen molar-refractivity contribution in [2.75, 3.05) is 38.6 Å².